The zero-order valence-corrected chi connectivity index (χ0v) is 58.2. The second-order valence-corrected chi connectivity index (χ2v) is 30.7. The van der Waals surface area contributed by atoms with Gasteiger partial charge in [-0.25, -0.2) is 41.2 Å². The van der Waals surface area contributed by atoms with Crippen LogP contribution in [0.2, 0.25) is 0 Å². The van der Waals surface area contributed by atoms with E-state index >= 15 is 0 Å². The van der Waals surface area contributed by atoms with Gasteiger partial charge in [0.05, 0.1) is 44.5 Å². The Hall–Kier alpha value is -10.4. The Bertz CT molecular complexity index is 4980. The summed E-state index contributed by atoms with van der Waals surface area (Å²) in [5.74, 6) is 24.4. The number of thiazole rings is 3. The van der Waals surface area contributed by atoms with Crippen molar-refractivity contribution in [3.05, 3.63) is 167 Å². The van der Waals surface area contributed by atoms with Gasteiger partial charge in [0, 0.05) is 119 Å². The number of unbranched alkanes of at least 4 members (excludes halogenated alkanes) is 1. The first kappa shape index (κ1) is 75.0. The van der Waals surface area contributed by atoms with Crippen LogP contribution >= 0.6 is 34.0 Å². The van der Waals surface area contributed by atoms with Gasteiger partial charge in [0.2, 0.25) is 17.7 Å². The van der Waals surface area contributed by atoms with Crippen LogP contribution in [0.4, 0.5) is 44.4 Å². The fourth-order valence-corrected chi connectivity index (χ4v) is 13.0. The number of hydrogen-bond acceptors (Lipinski definition) is 21. The van der Waals surface area contributed by atoms with Crippen molar-refractivity contribution in [3.63, 3.8) is 0 Å². The van der Waals surface area contributed by atoms with Crippen molar-refractivity contribution < 1.29 is 46.5 Å². The van der Waals surface area contributed by atoms with Crippen LogP contribution in [0.15, 0.2) is 145 Å². The van der Waals surface area contributed by atoms with Crippen LogP contribution in [0.1, 0.15) is 60.2 Å². The highest BCUT2D eigenvalue weighted by molar-refractivity contribution is 8.01. The SMILES string of the molecule is C=CS(=C)(=O)NCCCC(=O)Nc1cccc(NCC#Cc2cc(O)c3nc(N)sc3c2)c1.C=CS(=C)(=O)NCCCCC(=O)Nc1cccc(NCC#Cc2cc(O)c3nc(N)sc3c2)c1.C=CS(=O)(=O)CCC(=O)Nc1cccc(NCC#Cc2cc(O)c3nc(C)sc3c2)c1. The molecule has 3 aromatic heterocycles. The number of fused-ring (bicyclic) bond motifs is 3. The molecule has 510 valence electrons. The molecule has 0 bridgehead atoms. The molecule has 0 aliphatic carbocycles. The molecular formula is C69H73N13O10S6. The monoisotopic (exact) mass is 1440 g/mol. The molecule has 3 heterocycles. The number of aromatic hydroxyl groups is 3. The van der Waals surface area contributed by atoms with Crippen LogP contribution in [0.3, 0.4) is 0 Å². The van der Waals surface area contributed by atoms with Gasteiger partial charge < -0.3 is 58.7 Å². The number of hydrogen-bond donors (Lipinski definition) is 13. The fourth-order valence-electron chi connectivity index (χ4n) is 8.65. The second-order valence-electron chi connectivity index (χ2n) is 21.1. The van der Waals surface area contributed by atoms with E-state index in [-0.39, 0.29) is 47.7 Å². The van der Waals surface area contributed by atoms with Gasteiger partial charge in [0.15, 0.2) is 20.1 Å². The maximum absolute atomic E-state index is 12.2. The van der Waals surface area contributed by atoms with Gasteiger partial charge in [-0.3, -0.25) is 14.4 Å². The van der Waals surface area contributed by atoms with Crippen LogP contribution in [0, 0.1) is 42.4 Å². The quantitative estimate of drug-likeness (QED) is 0.0136. The normalized spacial score (nSPS) is 11.9. The van der Waals surface area contributed by atoms with Crippen molar-refractivity contribution in [2.45, 2.75) is 45.4 Å². The van der Waals surface area contributed by atoms with Gasteiger partial charge in [-0.15, -0.1) is 11.3 Å². The van der Waals surface area contributed by atoms with Crippen LogP contribution in [-0.2, 0) is 43.6 Å². The number of aromatic nitrogens is 3. The molecule has 9 rings (SSSR count). The van der Waals surface area contributed by atoms with Crippen molar-refractivity contribution in [3.8, 4) is 52.8 Å². The summed E-state index contributed by atoms with van der Waals surface area (Å²) in [4.78, 5) is 48.7. The third kappa shape index (κ3) is 25.0. The Morgan fingerprint density at radius 3 is 1.24 bits per heavy atom. The van der Waals surface area contributed by atoms with Crippen molar-refractivity contribution in [1.82, 2.24) is 24.4 Å². The number of carbonyl (C=O) groups is 3. The first-order valence-corrected chi connectivity index (χ1v) is 37.6. The summed E-state index contributed by atoms with van der Waals surface area (Å²) in [5.41, 5.74) is 19.3. The number of rotatable bonds is 26. The molecular weight excluding hydrogens is 1360 g/mol. The molecule has 2 unspecified atom stereocenters. The van der Waals surface area contributed by atoms with Crippen LogP contribution < -0.4 is 52.8 Å². The molecule has 0 spiro atoms. The summed E-state index contributed by atoms with van der Waals surface area (Å²) in [6.45, 7) is 14.1. The highest BCUT2D eigenvalue weighted by atomic mass is 32.2. The van der Waals surface area contributed by atoms with Crippen molar-refractivity contribution in [1.29, 1.82) is 0 Å². The molecule has 9 aromatic rings. The number of benzene rings is 6. The molecule has 0 saturated carbocycles. The van der Waals surface area contributed by atoms with Gasteiger partial charge in [-0.05, 0) is 129 Å². The zero-order valence-electron chi connectivity index (χ0n) is 53.3. The van der Waals surface area contributed by atoms with E-state index in [0.29, 0.717) is 119 Å². The van der Waals surface area contributed by atoms with Gasteiger partial charge in [0.1, 0.15) is 33.8 Å². The molecule has 0 aliphatic heterocycles. The largest absolute Gasteiger partial charge is 0.506 e. The number of nitrogens with one attached hydrogen (secondary N) is 8. The van der Waals surface area contributed by atoms with Gasteiger partial charge in [-0.1, -0.05) is 96.1 Å². The average Bonchev–Trinajstić information content (AvgIpc) is 1.68. The number of carbonyl (C=O) groups excluding carboxylic acids is 3. The van der Waals surface area contributed by atoms with E-state index in [0.717, 1.165) is 41.6 Å². The Morgan fingerprint density at radius 1 is 0.490 bits per heavy atom. The Balaban J connectivity index is 0.000000207. The molecule has 0 fully saturated rings. The lowest BCUT2D eigenvalue weighted by atomic mass is 10.2. The van der Waals surface area contributed by atoms with Gasteiger partial charge in [0.25, 0.3) is 0 Å². The standard InChI is InChI=1S/C24H27N5O3S2.C23H25N5O3S2.C22H21N3O4S2/c1-3-34(2,32)27-13-5-4-11-22(31)28-19-10-6-9-18(16-19)26-12-7-8-17-14-20(30)23-21(15-17)33-24(25)29-23;1-3-33(2,31)26-12-6-10-21(30)27-18-9-4-8-17(15-18)25-11-5-7-16-13-19(29)22-20(14-16)32-23(24)28-22;1-3-31(28,29)11-9-21(27)25-18-8-4-7-17(14-18)23-10-5-6-16-12-19(26)22-20(13-16)30-15(2)24-22/h3,6,9-10,14-16,26,30H,1-2,4-5,11-13H2,(H2,25,29)(H,27,32)(H,28,31);3-4,8-9,13-15,25,29H,1-2,6,10-12H2,(H2,24,28)(H,26,31)(H,27,30);3-4,7-8,12-14,23,26H,1,9-11H2,2H3,(H,25,27). The summed E-state index contributed by atoms with van der Waals surface area (Å²) >= 11 is 4.10. The van der Waals surface area contributed by atoms with Crippen molar-refractivity contribution in [2.24, 2.45) is 0 Å². The molecule has 0 radical (unpaired) electrons. The summed E-state index contributed by atoms with van der Waals surface area (Å²) in [5, 5.41) is 53.2. The summed E-state index contributed by atoms with van der Waals surface area (Å²) in [7, 11) is -8.32. The van der Waals surface area contributed by atoms with E-state index in [1.807, 2.05) is 73.7 Å². The topological polar surface area (TPSA) is 367 Å². The number of nitrogens with two attached hydrogens (primary N) is 2. The number of phenols is 3. The first-order chi connectivity index (χ1) is 46.8. The summed E-state index contributed by atoms with van der Waals surface area (Å²) in [6, 6.07) is 32.1. The number of sulfone groups is 1. The fraction of sp³-hybridized carbons (Fsp3) is 0.188. The maximum Gasteiger partial charge on any atom is 0.225 e. The molecule has 0 aliphatic rings. The lowest BCUT2D eigenvalue weighted by Gasteiger charge is -2.09. The predicted octanol–water partition coefficient (Wildman–Crippen LogP) is 10.3. The Kier molecular flexibility index (Phi) is 27.6. The number of nitrogen functional groups attached to an aromatic ring is 2. The van der Waals surface area contributed by atoms with E-state index in [1.54, 1.807) is 42.5 Å². The minimum Gasteiger partial charge on any atom is -0.506 e. The minimum absolute atomic E-state index is 0.0533. The molecule has 29 heteroatoms. The maximum atomic E-state index is 12.2. The van der Waals surface area contributed by atoms with Gasteiger partial charge in [-0.2, -0.15) is 0 Å². The molecule has 23 nitrogen and oxygen atoms in total. The third-order valence-electron chi connectivity index (χ3n) is 13.4. The Morgan fingerprint density at radius 2 is 0.847 bits per heavy atom. The van der Waals surface area contributed by atoms with E-state index in [1.165, 1.54) is 44.8 Å². The second kappa shape index (κ2) is 36.1. The van der Waals surface area contributed by atoms with E-state index in [9.17, 15) is 46.5 Å². The number of anilines is 8. The van der Waals surface area contributed by atoms with Crippen molar-refractivity contribution >= 4 is 168 Å². The molecule has 0 saturated heterocycles. The first-order valence-electron chi connectivity index (χ1n) is 29.9. The number of phenolic OH excluding ortho intramolecular Hbond substituents is 3. The lowest BCUT2D eigenvalue weighted by molar-refractivity contribution is -0.117. The summed E-state index contributed by atoms with van der Waals surface area (Å²) in [6.07, 6.45) is 2.39. The minimum atomic E-state index is -3.41. The molecule has 98 heavy (non-hydrogen) atoms. The molecule has 2 atom stereocenters. The molecule has 6 aromatic carbocycles. The van der Waals surface area contributed by atoms with E-state index in [2.05, 4.69) is 123 Å². The highest BCUT2D eigenvalue weighted by Crippen LogP contribution is 2.34. The highest BCUT2D eigenvalue weighted by Gasteiger charge is 2.13. The average molecular weight is 1440 g/mol. The Labute approximate surface area is 581 Å². The van der Waals surface area contributed by atoms with E-state index < -0.39 is 35.2 Å². The molecule has 3 amide bonds. The number of amides is 3. The lowest BCUT2D eigenvalue weighted by Crippen LogP contribution is -2.23. The van der Waals surface area contributed by atoms with Crippen LogP contribution in [-0.4, -0.2) is 115 Å². The van der Waals surface area contributed by atoms with E-state index in [4.69, 9.17) is 11.5 Å². The zero-order chi connectivity index (χ0) is 70.8. The molecule has 15 N–H and O–H groups in total. The number of aryl methyl sites for hydroxylation is 1. The number of nitrogens with zero attached hydrogens (tertiary/aromatic N) is 3. The van der Waals surface area contributed by atoms with Gasteiger partial charge >= 0.3 is 0 Å². The van der Waals surface area contributed by atoms with Crippen LogP contribution in [0.25, 0.3) is 30.6 Å². The van der Waals surface area contributed by atoms with Crippen LogP contribution in [0.5, 0.6) is 17.2 Å². The third-order valence-corrected chi connectivity index (χ3v) is 19.7. The summed E-state index contributed by atoms with van der Waals surface area (Å²) < 4.78 is 54.3. The smallest absolute Gasteiger partial charge is 0.225 e. The van der Waals surface area contributed by atoms with Crippen molar-refractivity contribution in [2.75, 3.05) is 81.8 Å². The predicted molar refractivity (Wildman–Crippen MR) is 407 cm³/mol.